The van der Waals surface area contributed by atoms with Crippen molar-refractivity contribution >= 4 is 12.0 Å². The lowest BCUT2D eigenvalue weighted by atomic mass is 9.90. The fourth-order valence-electron chi connectivity index (χ4n) is 3.09. The Labute approximate surface area is 147 Å². The number of hydrogen-bond donors (Lipinski definition) is 2. The van der Waals surface area contributed by atoms with Crippen LogP contribution in [0.1, 0.15) is 31.9 Å². The largest absolute Gasteiger partial charge is 0.497 e. The zero-order valence-electron chi connectivity index (χ0n) is 15.1. The number of carboxylic acid groups (broad SMARTS) is 1. The van der Waals surface area contributed by atoms with Crippen LogP contribution in [0.2, 0.25) is 0 Å². The van der Waals surface area contributed by atoms with Crippen LogP contribution in [0.4, 0.5) is 4.79 Å². The first-order valence-corrected chi connectivity index (χ1v) is 8.26. The predicted octanol–water partition coefficient (Wildman–Crippen LogP) is 2.28. The number of benzene rings is 1. The Morgan fingerprint density at radius 2 is 1.92 bits per heavy atom. The second-order valence-electron chi connectivity index (χ2n) is 6.70. The van der Waals surface area contributed by atoms with Gasteiger partial charge in [0.1, 0.15) is 11.9 Å². The normalized spacial score (nSPS) is 22.3. The minimum Gasteiger partial charge on any atom is -0.497 e. The number of likely N-dealkylation sites (tertiary alicyclic amines) is 1. The number of carbonyl (C=O) groups excluding carboxylic acids is 1. The maximum absolute atomic E-state index is 12.5. The van der Waals surface area contributed by atoms with Gasteiger partial charge in [-0.3, -0.25) is 4.79 Å². The number of carboxylic acids is 1. The minimum atomic E-state index is -0.878. The number of amides is 2. The van der Waals surface area contributed by atoms with E-state index < -0.39 is 11.4 Å². The van der Waals surface area contributed by atoms with E-state index in [0.717, 1.165) is 11.3 Å². The maximum Gasteiger partial charge on any atom is 0.317 e. The molecule has 1 heterocycles. The van der Waals surface area contributed by atoms with Crippen molar-refractivity contribution in [1.29, 1.82) is 0 Å². The van der Waals surface area contributed by atoms with Crippen LogP contribution in [0.3, 0.4) is 0 Å². The summed E-state index contributed by atoms with van der Waals surface area (Å²) in [4.78, 5) is 25.3. The first-order chi connectivity index (χ1) is 11.8. The van der Waals surface area contributed by atoms with Crippen LogP contribution >= 0.6 is 0 Å². The molecule has 0 bridgehead atoms. The van der Waals surface area contributed by atoms with E-state index in [1.165, 1.54) is 0 Å². The number of methoxy groups -OCH3 is 2. The Kier molecular flexibility index (Phi) is 5.89. The number of aliphatic carboxylic acids is 1. The van der Waals surface area contributed by atoms with Crippen LogP contribution in [-0.2, 0) is 9.53 Å². The van der Waals surface area contributed by atoms with Crippen LogP contribution < -0.4 is 10.1 Å². The number of ether oxygens (including phenoxy) is 2. The fourth-order valence-corrected chi connectivity index (χ4v) is 3.09. The second kappa shape index (κ2) is 7.74. The van der Waals surface area contributed by atoms with Gasteiger partial charge in [-0.05, 0) is 38.0 Å². The number of rotatable bonds is 6. The van der Waals surface area contributed by atoms with E-state index in [4.69, 9.17) is 9.47 Å². The summed E-state index contributed by atoms with van der Waals surface area (Å²) in [5, 5.41) is 12.2. The van der Waals surface area contributed by atoms with Gasteiger partial charge < -0.3 is 24.8 Å². The number of carbonyl (C=O) groups is 2. The summed E-state index contributed by atoms with van der Waals surface area (Å²) in [6.45, 7) is 4.17. The highest BCUT2D eigenvalue weighted by Crippen LogP contribution is 2.30. The van der Waals surface area contributed by atoms with Crippen molar-refractivity contribution in [1.82, 2.24) is 10.2 Å². The summed E-state index contributed by atoms with van der Waals surface area (Å²) in [5.41, 5.74) is 0.0462. The van der Waals surface area contributed by atoms with Crippen molar-refractivity contribution in [2.75, 3.05) is 27.3 Å². The Morgan fingerprint density at radius 3 is 2.40 bits per heavy atom. The third-order valence-corrected chi connectivity index (χ3v) is 4.78. The second-order valence-corrected chi connectivity index (χ2v) is 6.70. The highest BCUT2D eigenvalue weighted by molar-refractivity contribution is 5.79. The van der Waals surface area contributed by atoms with E-state index in [2.05, 4.69) is 5.32 Å². The monoisotopic (exact) mass is 350 g/mol. The zero-order valence-corrected chi connectivity index (χ0v) is 15.1. The van der Waals surface area contributed by atoms with Gasteiger partial charge in [0.15, 0.2) is 0 Å². The number of hydrogen-bond acceptors (Lipinski definition) is 4. The molecule has 1 aromatic rings. The first-order valence-electron chi connectivity index (χ1n) is 8.26. The van der Waals surface area contributed by atoms with E-state index in [9.17, 15) is 14.7 Å². The van der Waals surface area contributed by atoms with Crippen LogP contribution in [0, 0.1) is 5.41 Å². The highest BCUT2D eigenvalue weighted by Gasteiger charge is 2.42. The summed E-state index contributed by atoms with van der Waals surface area (Å²) < 4.78 is 10.7. The molecule has 7 heteroatoms. The summed E-state index contributed by atoms with van der Waals surface area (Å²) in [6, 6.07) is 6.93. The molecule has 2 amide bonds. The average molecular weight is 350 g/mol. The Balaban J connectivity index is 2.00. The third-order valence-electron chi connectivity index (χ3n) is 4.78. The van der Waals surface area contributed by atoms with Gasteiger partial charge in [-0.1, -0.05) is 12.1 Å². The van der Waals surface area contributed by atoms with Gasteiger partial charge in [0, 0.05) is 20.2 Å². The van der Waals surface area contributed by atoms with Gasteiger partial charge in [-0.15, -0.1) is 0 Å². The van der Waals surface area contributed by atoms with Gasteiger partial charge in [0.05, 0.1) is 18.6 Å². The molecule has 1 aromatic carbocycles. The molecule has 0 aromatic heterocycles. The summed E-state index contributed by atoms with van der Waals surface area (Å²) in [6.07, 6.45) is 0.138. The molecule has 0 aliphatic carbocycles. The van der Waals surface area contributed by atoms with Crippen LogP contribution in [-0.4, -0.2) is 55.4 Å². The molecule has 0 spiro atoms. The lowest BCUT2D eigenvalue weighted by molar-refractivity contribution is -0.147. The molecule has 1 aliphatic heterocycles. The van der Waals surface area contributed by atoms with E-state index in [1.54, 1.807) is 26.0 Å². The molecule has 7 nitrogen and oxygen atoms in total. The summed E-state index contributed by atoms with van der Waals surface area (Å²) >= 11 is 0. The predicted molar refractivity (Wildman–Crippen MR) is 92.7 cm³/mol. The Hall–Kier alpha value is -2.28. The van der Waals surface area contributed by atoms with Crippen molar-refractivity contribution in [3.05, 3.63) is 29.8 Å². The number of nitrogens with zero attached hydrogens (tertiary/aromatic N) is 1. The molecular weight excluding hydrogens is 324 g/mol. The molecule has 1 saturated heterocycles. The van der Waals surface area contributed by atoms with Gasteiger partial charge >= 0.3 is 12.0 Å². The van der Waals surface area contributed by atoms with Gasteiger partial charge in [-0.25, -0.2) is 4.79 Å². The van der Waals surface area contributed by atoms with Gasteiger partial charge in [0.25, 0.3) is 0 Å². The fraction of sp³-hybridized carbons (Fsp3) is 0.556. The SMILES string of the molecule is COc1ccc(C(OC)C(C)NC(=O)N2CCC(C)(C(=O)O)C2)cc1. The first kappa shape index (κ1) is 19.1. The standard InChI is InChI=1S/C18H26N2O5/c1-12(15(25-4)13-5-7-14(24-3)8-6-13)19-17(23)20-10-9-18(2,11-20)16(21)22/h5-8,12,15H,9-11H2,1-4H3,(H,19,23)(H,21,22). The topological polar surface area (TPSA) is 88.1 Å². The maximum atomic E-state index is 12.5. The van der Waals surface area contributed by atoms with E-state index in [0.29, 0.717) is 13.0 Å². The molecule has 2 N–H and O–H groups in total. The quantitative estimate of drug-likeness (QED) is 0.822. The van der Waals surface area contributed by atoms with E-state index in [1.807, 2.05) is 31.2 Å². The Bertz CT molecular complexity index is 618. The molecular formula is C18H26N2O5. The zero-order chi connectivity index (χ0) is 18.6. The molecule has 0 radical (unpaired) electrons. The van der Waals surface area contributed by atoms with Crippen LogP contribution in [0.5, 0.6) is 5.75 Å². The number of urea groups is 1. The minimum absolute atomic E-state index is 0.209. The van der Waals surface area contributed by atoms with Crippen LogP contribution in [0.15, 0.2) is 24.3 Å². The van der Waals surface area contributed by atoms with Crippen molar-refractivity contribution in [3.8, 4) is 5.75 Å². The van der Waals surface area contributed by atoms with Crippen LogP contribution in [0.25, 0.3) is 0 Å². The lowest BCUT2D eigenvalue weighted by Crippen LogP contribution is -2.46. The molecule has 0 saturated carbocycles. The lowest BCUT2D eigenvalue weighted by Gasteiger charge is -2.27. The molecule has 138 valence electrons. The van der Waals surface area contributed by atoms with E-state index >= 15 is 0 Å². The van der Waals surface area contributed by atoms with Crippen molar-refractivity contribution in [2.45, 2.75) is 32.4 Å². The summed E-state index contributed by atoms with van der Waals surface area (Å²) in [7, 11) is 3.20. The summed E-state index contributed by atoms with van der Waals surface area (Å²) in [5.74, 6) is -0.121. The van der Waals surface area contributed by atoms with Crippen molar-refractivity contribution in [2.24, 2.45) is 5.41 Å². The molecule has 25 heavy (non-hydrogen) atoms. The van der Waals surface area contributed by atoms with Gasteiger partial charge in [-0.2, -0.15) is 0 Å². The van der Waals surface area contributed by atoms with Crippen molar-refractivity contribution < 1.29 is 24.2 Å². The molecule has 3 atom stereocenters. The van der Waals surface area contributed by atoms with E-state index in [-0.39, 0.29) is 24.7 Å². The third kappa shape index (κ3) is 4.22. The van der Waals surface area contributed by atoms with Crippen molar-refractivity contribution in [3.63, 3.8) is 0 Å². The number of nitrogens with one attached hydrogen (secondary N) is 1. The molecule has 1 aliphatic rings. The Morgan fingerprint density at radius 1 is 1.28 bits per heavy atom. The van der Waals surface area contributed by atoms with Gasteiger partial charge in [0.2, 0.25) is 0 Å². The molecule has 1 fully saturated rings. The highest BCUT2D eigenvalue weighted by atomic mass is 16.5. The smallest absolute Gasteiger partial charge is 0.317 e. The molecule has 2 rings (SSSR count). The molecule has 3 unspecified atom stereocenters. The average Bonchev–Trinajstić information content (AvgIpc) is 3.00.